The van der Waals surface area contributed by atoms with Gasteiger partial charge in [-0.3, -0.25) is 9.05 Å². The molecule has 0 aromatic rings. The fourth-order valence-electron chi connectivity index (χ4n) is 0.839. The van der Waals surface area contributed by atoms with Crippen molar-refractivity contribution in [2.45, 2.75) is 27.7 Å². The number of allylic oxidation sites excluding steroid dienone is 3. The summed E-state index contributed by atoms with van der Waals surface area (Å²) in [5, 5.41) is 0. The number of phosphoric acid groups is 1. The normalized spacial score (nSPS) is 12.4. The van der Waals surface area contributed by atoms with Crippen LogP contribution in [0.3, 0.4) is 0 Å². The maximum Gasteiger partial charge on any atom is 0.529 e. The van der Waals surface area contributed by atoms with Gasteiger partial charge < -0.3 is 4.52 Å². The minimum atomic E-state index is -3.45. The molecule has 0 bridgehead atoms. The molecule has 0 spiro atoms. The van der Waals surface area contributed by atoms with Gasteiger partial charge in [0.05, 0.1) is 17.7 Å². The molecule has 0 amide bonds. The van der Waals surface area contributed by atoms with E-state index in [1.165, 1.54) is 6.26 Å². The fourth-order valence-corrected chi connectivity index (χ4v) is 2.61. The van der Waals surface area contributed by atoms with Gasteiger partial charge in [-0.25, -0.2) is 4.57 Å². The molecule has 6 heteroatoms. The molecule has 0 fully saturated rings. The van der Waals surface area contributed by atoms with E-state index in [1.54, 1.807) is 13.8 Å². The Morgan fingerprint density at radius 3 is 2.12 bits per heavy atom. The second-order valence-electron chi connectivity index (χ2n) is 3.11. The van der Waals surface area contributed by atoms with E-state index >= 15 is 0 Å². The smallest absolute Gasteiger partial charge is 0.411 e. The molecule has 0 N–H and O–H groups in total. The predicted molar refractivity (Wildman–Crippen MR) is 68.4 cm³/mol. The number of phosphoric ester groups is 1. The van der Waals surface area contributed by atoms with Crippen molar-refractivity contribution < 1.29 is 18.1 Å². The van der Waals surface area contributed by atoms with Crippen molar-refractivity contribution >= 4 is 23.8 Å². The Kier molecular flexibility index (Phi) is 8.02. The van der Waals surface area contributed by atoms with Gasteiger partial charge in [-0.05, 0) is 49.7 Å². The van der Waals surface area contributed by atoms with Crippen molar-refractivity contribution in [1.82, 2.24) is 0 Å². The van der Waals surface area contributed by atoms with E-state index in [1.807, 2.05) is 19.9 Å². The highest BCUT2D eigenvalue weighted by molar-refractivity contribution is 9.11. The maximum atomic E-state index is 11.9. The molecule has 0 heterocycles. The monoisotopic (exact) mass is 312 g/mol. The van der Waals surface area contributed by atoms with E-state index < -0.39 is 7.82 Å². The first-order chi connectivity index (χ1) is 7.43. The molecule has 16 heavy (non-hydrogen) atoms. The van der Waals surface area contributed by atoms with Gasteiger partial charge >= 0.3 is 7.82 Å². The Balaban J connectivity index is 4.53. The largest absolute Gasteiger partial charge is 0.529 e. The van der Waals surface area contributed by atoms with Crippen LogP contribution in [-0.2, 0) is 18.1 Å². The van der Waals surface area contributed by atoms with Crippen molar-refractivity contribution in [3.05, 3.63) is 22.4 Å². The first kappa shape index (κ1) is 15.9. The molecule has 0 saturated carbocycles. The van der Waals surface area contributed by atoms with Crippen molar-refractivity contribution in [2.75, 3.05) is 13.2 Å². The molecule has 0 aliphatic carbocycles. The van der Waals surface area contributed by atoms with Crippen LogP contribution >= 0.6 is 23.8 Å². The van der Waals surface area contributed by atoms with Crippen LogP contribution in [-0.4, -0.2) is 13.2 Å². The van der Waals surface area contributed by atoms with Gasteiger partial charge in [-0.15, -0.1) is 0 Å². The molecule has 4 nitrogen and oxygen atoms in total. The van der Waals surface area contributed by atoms with E-state index in [0.29, 0.717) is 4.48 Å². The van der Waals surface area contributed by atoms with Crippen molar-refractivity contribution in [3.63, 3.8) is 0 Å². The molecule has 0 unspecified atom stereocenters. The highest BCUT2D eigenvalue weighted by atomic mass is 79.9. The zero-order valence-corrected chi connectivity index (χ0v) is 12.5. The quantitative estimate of drug-likeness (QED) is 0.397. The van der Waals surface area contributed by atoms with Gasteiger partial charge in [0.1, 0.15) is 6.26 Å². The Morgan fingerprint density at radius 1 is 1.25 bits per heavy atom. The molecule has 0 atom stereocenters. The summed E-state index contributed by atoms with van der Waals surface area (Å²) < 4.78 is 27.5. The fraction of sp³-hybridized carbons (Fsp3) is 0.600. The van der Waals surface area contributed by atoms with Gasteiger partial charge in [0, 0.05) is 0 Å². The topological polar surface area (TPSA) is 44.8 Å². The third-order valence-corrected chi connectivity index (χ3v) is 3.22. The highest BCUT2D eigenvalue weighted by Gasteiger charge is 2.25. The minimum absolute atomic E-state index is 0.269. The van der Waals surface area contributed by atoms with Gasteiger partial charge in [0.2, 0.25) is 0 Å². The van der Waals surface area contributed by atoms with Gasteiger partial charge in [0.25, 0.3) is 0 Å². The molecule has 94 valence electrons. The van der Waals surface area contributed by atoms with Crippen LogP contribution in [0.25, 0.3) is 0 Å². The van der Waals surface area contributed by atoms with E-state index in [2.05, 4.69) is 15.9 Å². The van der Waals surface area contributed by atoms with Gasteiger partial charge in [-0.1, -0.05) is 5.57 Å². The summed E-state index contributed by atoms with van der Waals surface area (Å²) in [7, 11) is -3.45. The third kappa shape index (κ3) is 7.23. The summed E-state index contributed by atoms with van der Waals surface area (Å²) in [5.41, 5.74) is 1.09. The SMILES string of the molecule is CCOP(=O)(O/C=C(\Br)C=C(C)C)OCC. The first-order valence-electron chi connectivity index (χ1n) is 5.01. The van der Waals surface area contributed by atoms with Crippen LogP contribution in [0.1, 0.15) is 27.7 Å². The summed E-state index contributed by atoms with van der Waals surface area (Å²) in [5.74, 6) is 0. The Labute approximate surface area is 105 Å². The molecule has 0 rings (SSSR count). The van der Waals surface area contributed by atoms with Gasteiger partial charge in [-0.2, -0.15) is 0 Å². The van der Waals surface area contributed by atoms with Crippen LogP contribution in [0.15, 0.2) is 22.4 Å². The van der Waals surface area contributed by atoms with Crippen LogP contribution in [0.5, 0.6) is 0 Å². The molecule has 0 aliphatic rings. The number of halogens is 1. The molecule has 0 aromatic carbocycles. The van der Waals surface area contributed by atoms with Crippen LogP contribution in [0.2, 0.25) is 0 Å². The van der Waals surface area contributed by atoms with E-state index in [0.717, 1.165) is 5.57 Å². The molecule has 0 aliphatic heterocycles. The maximum absolute atomic E-state index is 11.9. The lowest BCUT2D eigenvalue weighted by atomic mass is 10.3. The van der Waals surface area contributed by atoms with E-state index in [4.69, 9.17) is 13.6 Å². The lowest BCUT2D eigenvalue weighted by Crippen LogP contribution is -1.96. The average Bonchev–Trinajstić information content (AvgIpc) is 2.15. The number of hydrogen-bond donors (Lipinski definition) is 0. The Hall–Kier alpha value is -0.0900. The lowest BCUT2D eigenvalue weighted by Gasteiger charge is -2.14. The minimum Gasteiger partial charge on any atom is -0.411 e. The zero-order chi connectivity index (χ0) is 12.6. The molecular weight excluding hydrogens is 295 g/mol. The summed E-state index contributed by atoms with van der Waals surface area (Å²) in [4.78, 5) is 0. The molecule has 0 radical (unpaired) electrons. The molecular formula is C10H18BrO4P. The van der Waals surface area contributed by atoms with Gasteiger partial charge in [0.15, 0.2) is 0 Å². The van der Waals surface area contributed by atoms with Crippen molar-refractivity contribution in [2.24, 2.45) is 0 Å². The first-order valence-corrected chi connectivity index (χ1v) is 7.27. The van der Waals surface area contributed by atoms with Crippen LogP contribution < -0.4 is 0 Å². The predicted octanol–water partition coefficient (Wildman–Crippen LogP) is 4.39. The highest BCUT2D eigenvalue weighted by Crippen LogP contribution is 2.49. The van der Waals surface area contributed by atoms with E-state index in [-0.39, 0.29) is 13.2 Å². The summed E-state index contributed by atoms with van der Waals surface area (Å²) in [6, 6.07) is 0. The number of rotatable bonds is 7. The average molecular weight is 313 g/mol. The Morgan fingerprint density at radius 2 is 1.75 bits per heavy atom. The number of hydrogen-bond acceptors (Lipinski definition) is 4. The molecule has 0 aromatic heterocycles. The van der Waals surface area contributed by atoms with Crippen LogP contribution in [0, 0.1) is 0 Å². The van der Waals surface area contributed by atoms with E-state index in [9.17, 15) is 4.57 Å². The zero-order valence-electron chi connectivity index (χ0n) is 10.0. The standard InChI is InChI=1S/C10H18BrO4P/c1-5-13-16(12,14-6-2)15-8-10(11)7-9(3)4/h7-8H,5-6H2,1-4H3/b10-8-. The van der Waals surface area contributed by atoms with Crippen LogP contribution in [0.4, 0.5) is 0 Å². The molecule has 0 saturated heterocycles. The summed E-state index contributed by atoms with van der Waals surface area (Å²) >= 11 is 3.26. The van der Waals surface area contributed by atoms with Crippen molar-refractivity contribution in [1.29, 1.82) is 0 Å². The third-order valence-electron chi connectivity index (χ3n) is 1.30. The lowest BCUT2D eigenvalue weighted by molar-refractivity contribution is 0.153. The Bertz CT molecular complexity index is 298. The summed E-state index contributed by atoms with van der Waals surface area (Å²) in [6.07, 6.45) is 3.15. The second kappa shape index (κ2) is 8.07. The van der Waals surface area contributed by atoms with Crippen molar-refractivity contribution in [3.8, 4) is 0 Å². The summed E-state index contributed by atoms with van der Waals surface area (Å²) in [6.45, 7) is 7.88. The second-order valence-corrected chi connectivity index (χ2v) is 5.65.